The number of hydrogen-bond donors (Lipinski definition) is 2. The lowest BCUT2D eigenvalue weighted by molar-refractivity contribution is 0.103. The predicted molar refractivity (Wildman–Crippen MR) is 81.0 cm³/mol. The van der Waals surface area contributed by atoms with Gasteiger partial charge in [0, 0.05) is 12.6 Å². The van der Waals surface area contributed by atoms with Gasteiger partial charge in [0.25, 0.3) is 0 Å². The van der Waals surface area contributed by atoms with E-state index in [2.05, 4.69) is 11.4 Å². The van der Waals surface area contributed by atoms with E-state index in [1.165, 1.54) is 24.3 Å². The molecule has 2 N–H and O–H groups in total. The smallest absolute Gasteiger partial charge is 0.120 e. The zero-order valence-electron chi connectivity index (χ0n) is 11.4. The molecule has 1 aromatic carbocycles. The second-order valence-corrected chi connectivity index (χ2v) is 6.12. The van der Waals surface area contributed by atoms with Crippen molar-refractivity contribution in [3.05, 3.63) is 29.8 Å². The molecule has 1 heterocycles. The summed E-state index contributed by atoms with van der Waals surface area (Å²) < 4.78 is 5.50. The summed E-state index contributed by atoms with van der Waals surface area (Å²) in [6, 6.07) is 9.56. The molecule has 1 aliphatic heterocycles. The van der Waals surface area contributed by atoms with Crippen LogP contribution in [0.15, 0.2) is 24.3 Å². The first kappa shape index (κ1) is 15.2. The fraction of sp³-hybridized carbons (Fsp3) is 0.533. The number of nitrogens with one attached hydrogen (secondary N) is 1. The summed E-state index contributed by atoms with van der Waals surface area (Å²) in [7, 11) is 0. The maximum Gasteiger partial charge on any atom is 0.120 e. The molecule has 1 aromatic rings. The number of ether oxygens (including phenoxy) is 1. The van der Waals surface area contributed by atoms with Crippen LogP contribution in [0.4, 0.5) is 0 Å². The minimum Gasteiger partial charge on any atom is -0.491 e. The van der Waals surface area contributed by atoms with E-state index in [4.69, 9.17) is 10.00 Å². The summed E-state index contributed by atoms with van der Waals surface area (Å²) in [5, 5.41) is 22.1. The third kappa shape index (κ3) is 5.04. The molecule has 0 spiro atoms. The molecule has 1 saturated heterocycles. The summed E-state index contributed by atoms with van der Waals surface area (Å²) in [6.45, 7) is 0.788. The molecule has 0 radical (unpaired) electrons. The van der Waals surface area contributed by atoms with Crippen molar-refractivity contribution in [1.29, 1.82) is 5.26 Å². The van der Waals surface area contributed by atoms with Crippen molar-refractivity contribution in [2.24, 2.45) is 0 Å². The van der Waals surface area contributed by atoms with Crippen molar-refractivity contribution in [2.45, 2.75) is 25.0 Å². The van der Waals surface area contributed by atoms with Crippen LogP contribution in [0.1, 0.15) is 18.4 Å². The van der Waals surface area contributed by atoms with Gasteiger partial charge >= 0.3 is 0 Å². The monoisotopic (exact) mass is 292 g/mol. The van der Waals surface area contributed by atoms with Gasteiger partial charge in [-0.15, -0.1) is 0 Å². The van der Waals surface area contributed by atoms with Crippen LogP contribution in [0.25, 0.3) is 0 Å². The Morgan fingerprint density at radius 3 is 3.00 bits per heavy atom. The Labute approximate surface area is 124 Å². The Morgan fingerprint density at radius 1 is 1.45 bits per heavy atom. The Hall–Kier alpha value is -1.22. The average Bonchev–Trinajstić information content (AvgIpc) is 2.52. The number of nitriles is 1. The molecule has 1 fully saturated rings. The molecule has 1 unspecified atom stereocenters. The van der Waals surface area contributed by atoms with Gasteiger partial charge in [-0.05, 0) is 42.5 Å². The number of aliphatic hydroxyl groups excluding tert-OH is 1. The molecule has 5 heteroatoms. The molecule has 108 valence electrons. The first-order valence-corrected chi connectivity index (χ1v) is 8.05. The molecular formula is C15H20N2O2S. The van der Waals surface area contributed by atoms with Crippen LogP contribution in [-0.2, 0) is 0 Å². The normalized spacial score (nSPS) is 17.4. The third-order valence-electron chi connectivity index (χ3n) is 3.27. The lowest BCUT2D eigenvalue weighted by atomic mass is 10.1. The first-order valence-electron chi connectivity index (χ1n) is 6.90. The second-order valence-electron chi connectivity index (χ2n) is 4.90. The van der Waals surface area contributed by atoms with E-state index in [0.717, 1.165) is 0 Å². The van der Waals surface area contributed by atoms with Gasteiger partial charge in [0.05, 0.1) is 11.6 Å². The molecule has 20 heavy (non-hydrogen) atoms. The average molecular weight is 292 g/mol. The quantitative estimate of drug-likeness (QED) is 0.837. The van der Waals surface area contributed by atoms with Crippen molar-refractivity contribution in [2.75, 3.05) is 24.7 Å². The van der Waals surface area contributed by atoms with Gasteiger partial charge in [-0.25, -0.2) is 0 Å². The van der Waals surface area contributed by atoms with Gasteiger partial charge in [0.1, 0.15) is 18.5 Å². The number of benzene rings is 1. The van der Waals surface area contributed by atoms with Gasteiger partial charge < -0.3 is 15.2 Å². The maximum atomic E-state index is 9.91. The van der Waals surface area contributed by atoms with Gasteiger partial charge in [-0.1, -0.05) is 6.07 Å². The highest BCUT2D eigenvalue weighted by molar-refractivity contribution is 7.99. The van der Waals surface area contributed by atoms with Crippen molar-refractivity contribution in [1.82, 2.24) is 5.32 Å². The zero-order chi connectivity index (χ0) is 14.2. The molecule has 0 saturated carbocycles. The molecule has 2 rings (SSSR count). The molecule has 0 aromatic heterocycles. The minimum absolute atomic E-state index is 0.239. The number of rotatable bonds is 6. The molecule has 1 atom stereocenters. The van der Waals surface area contributed by atoms with E-state index in [-0.39, 0.29) is 6.61 Å². The lowest BCUT2D eigenvalue weighted by Crippen LogP contribution is -2.39. The summed E-state index contributed by atoms with van der Waals surface area (Å²) in [4.78, 5) is 0. The number of aliphatic hydroxyl groups is 1. The minimum atomic E-state index is -0.532. The van der Waals surface area contributed by atoms with Crippen LogP contribution in [-0.4, -0.2) is 41.9 Å². The van der Waals surface area contributed by atoms with Crippen LogP contribution < -0.4 is 10.1 Å². The van der Waals surface area contributed by atoms with Crippen LogP contribution in [0, 0.1) is 11.3 Å². The van der Waals surface area contributed by atoms with Crippen LogP contribution >= 0.6 is 11.8 Å². The number of hydrogen-bond acceptors (Lipinski definition) is 5. The standard InChI is InChI=1S/C15H20N2O2S/c16-9-12-2-1-3-15(8-12)19-11-14(18)10-17-13-4-6-20-7-5-13/h1-3,8,13-14,17-18H,4-7,10-11H2. The van der Waals surface area contributed by atoms with E-state index < -0.39 is 6.10 Å². The highest BCUT2D eigenvalue weighted by Crippen LogP contribution is 2.17. The van der Waals surface area contributed by atoms with Crippen LogP contribution in [0.3, 0.4) is 0 Å². The topological polar surface area (TPSA) is 65.3 Å². The Bertz CT molecular complexity index is 455. The van der Waals surface area contributed by atoms with E-state index in [1.807, 2.05) is 11.8 Å². The van der Waals surface area contributed by atoms with Gasteiger partial charge in [0.2, 0.25) is 0 Å². The molecule has 1 aliphatic rings. The van der Waals surface area contributed by atoms with E-state index in [9.17, 15) is 5.11 Å². The Morgan fingerprint density at radius 2 is 2.25 bits per heavy atom. The van der Waals surface area contributed by atoms with E-state index >= 15 is 0 Å². The molecule has 4 nitrogen and oxygen atoms in total. The summed E-state index contributed by atoms with van der Waals surface area (Å²) in [5.41, 5.74) is 0.565. The van der Waals surface area contributed by atoms with Crippen molar-refractivity contribution in [3.8, 4) is 11.8 Å². The molecular weight excluding hydrogens is 272 g/mol. The Balaban J connectivity index is 1.68. The van der Waals surface area contributed by atoms with Crippen LogP contribution in [0.5, 0.6) is 5.75 Å². The van der Waals surface area contributed by atoms with Gasteiger partial charge in [-0.2, -0.15) is 17.0 Å². The fourth-order valence-electron chi connectivity index (χ4n) is 2.11. The van der Waals surface area contributed by atoms with Gasteiger partial charge in [-0.3, -0.25) is 0 Å². The molecule has 0 bridgehead atoms. The highest BCUT2D eigenvalue weighted by atomic mass is 32.2. The van der Waals surface area contributed by atoms with Crippen molar-refractivity contribution in [3.63, 3.8) is 0 Å². The Kier molecular flexibility index (Phi) is 6.19. The van der Waals surface area contributed by atoms with Crippen LogP contribution in [0.2, 0.25) is 0 Å². The highest BCUT2D eigenvalue weighted by Gasteiger charge is 2.14. The summed E-state index contributed by atoms with van der Waals surface area (Å²) in [5.74, 6) is 3.02. The maximum absolute atomic E-state index is 9.91. The van der Waals surface area contributed by atoms with E-state index in [0.29, 0.717) is 23.9 Å². The third-order valence-corrected chi connectivity index (χ3v) is 4.32. The first-order chi connectivity index (χ1) is 9.78. The largest absolute Gasteiger partial charge is 0.491 e. The second kappa shape index (κ2) is 8.15. The number of nitrogens with zero attached hydrogens (tertiary/aromatic N) is 1. The number of thioether (sulfide) groups is 1. The molecule has 0 aliphatic carbocycles. The molecule has 0 amide bonds. The lowest BCUT2D eigenvalue weighted by Gasteiger charge is -2.24. The SMILES string of the molecule is N#Cc1cccc(OCC(O)CNC2CCSCC2)c1. The summed E-state index contributed by atoms with van der Waals surface area (Å²) >= 11 is 1.99. The van der Waals surface area contributed by atoms with E-state index in [1.54, 1.807) is 24.3 Å². The zero-order valence-corrected chi connectivity index (χ0v) is 12.2. The van der Waals surface area contributed by atoms with Gasteiger partial charge in [0.15, 0.2) is 0 Å². The summed E-state index contributed by atoms with van der Waals surface area (Å²) in [6.07, 6.45) is 1.81. The van der Waals surface area contributed by atoms with Crippen molar-refractivity contribution >= 4 is 11.8 Å². The van der Waals surface area contributed by atoms with Crippen molar-refractivity contribution < 1.29 is 9.84 Å². The predicted octanol–water partition coefficient (Wildman–Crippen LogP) is 1.78. The fourth-order valence-corrected chi connectivity index (χ4v) is 3.22.